The molecule has 1 saturated heterocycles. The molecular formula is C17H29N3. The first-order valence-electron chi connectivity index (χ1n) is 7.91. The van der Waals surface area contributed by atoms with Crippen molar-refractivity contribution in [1.29, 1.82) is 0 Å². The predicted molar refractivity (Wildman–Crippen MR) is 85.1 cm³/mol. The molecule has 3 heteroatoms. The third kappa shape index (κ3) is 3.58. The number of hydrogen-bond donors (Lipinski definition) is 1. The smallest absolute Gasteiger partial charge is 0.0426 e. The fourth-order valence-corrected chi connectivity index (χ4v) is 3.50. The first-order valence-corrected chi connectivity index (χ1v) is 7.91. The fraction of sp³-hybridized carbons (Fsp3) is 0.706. The van der Waals surface area contributed by atoms with E-state index in [-0.39, 0.29) is 0 Å². The van der Waals surface area contributed by atoms with Crippen LogP contribution in [0.3, 0.4) is 0 Å². The Labute approximate surface area is 123 Å². The van der Waals surface area contributed by atoms with Gasteiger partial charge in [-0.15, -0.1) is 0 Å². The van der Waals surface area contributed by atoms with Crippen molar-refractivity contribution in [2.45, 2.75) is 47.1 Å². The topological polar surface area (TPSA) is 28.2 Å². The van der Waals surface area contributed by atoms with E-state index in [2.05, 4.69) is 55.9 Å². The number of hydrogen-bond acceptors (Lipinski definition) is 3. The number of aryl methyl sites for hydroxylation is 3. The average molecular weight is 275 g/mol. The fourth-order valence-electron chi connectivity index (χ4n) is 3.50. The van der Waals surface area contributed by atoms with E-state index >= 15 is 0 Å². The monoisotopic (exact) mass is 275 g/mol. The van der Waals surface area contributed by atoms with Crippen LogP contribution in [0.15, 0.2) is 6.07 Å². The van der Waals surface area contributed by atoms with Gasteiger partial charge in [0.1, 0.15) is 0 Å². The van der Waals surface area contributed by atoms with Gasteiger partial charge in [-0.25, -0.2) is 0 Å². The molecule has 1 aliphatic rings. The number of nitrogens with zero attached hydrogens (tertiary/aromatic N) is 2. The van der Waals surface area contributed by atoms with Gasteiger partial charge in [-0.05, 0) is 76.9 Å². The number of likely N-dealkylation sites (tertiary alicyclic amines) is 1. The predicted octanol–water partition coefficient (Wildman–Crippen LogP) is 3.00. The normalized spacial score (nSPS) is 21.4. The molecule has 1 aromatic heterocycles. The van der Waals surface area contributed by atoms with Crippen molar-refractivity contribution in [3.05, 3.63) is 28.6 Å². The Balaban J connectivity index is 1.94. The Bertz CT molecular complexity index is 433. The molecule has 0 radical (unpaired) electrons. The minimum Gasteiger partial charge on any atom is -0.310 e. The summed E-state index contributed by atoms with van der Waals surface area (Å²) in [4.78, 5) is 7.15. The zero-order valence-corrected chi connectivity index (χ0v) is 13.7. The second-order valence-electron chi connectivity index (χ2n) is 6.26. The standard InChI is InChI=1S/C17H29N3/c1-6-20-8-7-16(11-20)10-18-14(4)17-12(2)9-13(3)19-15(17)5/h9,14,16,18H,6-8,10-11H2,1-5H3. The number of nitrogens with one attached hydrogen (secondary N) is 1. The SMILES string of the molecule is CCN1CCC(CNC(C)c2c(C)cc(C)nc2C)C1. The Hall–Kier alpha value is -0.930. The molecule has 1 N–H and O–H groups in total. The van der Waals surface area contributed by atoms with Crippen molar-refractivity contribution in [2.75, 3.05) is 26.2 Å². The van der Waals surface area contributed by atoms with Crippen LogP contribution in [0.5, 0.6) is 0 Å². The maximum Gasteiger partial charge on any atom is 0.0426 e. The van der Waals surface area contributed by atoms with Crippen LogP contribution in [0.2, 0.25) is 0 Å². The van der Waals surface area contributed by atoms with Crippen molar-refractivity contribution in [3.8, 4) is 0 Å². The Morgan fingerprint density at radius 1 is 1.40 bits per heavy atom. The molecular weight excluding hydrogens is 246 g/mol. The van der Waals surface area contributed by atoms with Crippen LogP contribution < -0.4 is 5.32 Å². The largest absolute Gasteiger partial charge is 0.310 e. The number of pyridine rings is 1. The molecule has 1 aromatic rings. The molecule has 0 spiro atoms. The van der Waals surface area contributed by atoms with Crippen molar-refractivity contribution >= 4 is 0 Å². The Kier molecular flexibility index (Phi) is 5.17. The molecule has 3 nitrogen and oxygen atoms in total. The van der Waals surface area contributed by atoms with E-state index in [1.165, 1.54) is 42.9 Å². The maximum absolute atomic E-state index is 4.61. The summed E-state index contributed by atoms with van der Waals surface area (Å²) < 4.78 is 0. The lowest BCUT2D eigenvalue weighted by atomic mass is 9.99. The molecule has 2 atom stereocenters. The van der Waals surface area contributed by atoms with Crippen LogP contribution in [-0.4, -0.2) is 36.1 Å². The van der Waals surface area contributed by atoms with Crippen molar-refractivity contribution in [2.24, 2.45) is 5.92 Å². The lowest BCUT2D eigenvalue weighted by molar-refractivity contribution is 0.336. The summed E-state index contributed by atoms with van der Waals surface area (Å²) in [5.41, 5.74) is 5.02. The van der Waals surface area contributed by atoms with Gasteiger partial charge in [0.15, 0.2) is 0 Å². The van der Waals surface area contributed by atoms with Crippen LogP contribution >= 0.6 is 0 Å². The highest BCUT2D eigenvalue weighted by molar-refractivity contribution is 5.33. The molecule has 0 aliphatic carbocycles. The second kappa shape index (κ2) is 6.68. The van der Waals surface area contributed by atoms with Gasteiger partial charge in [0.2, 0.25) is 0 Å². The van der Waals surface area contributed by atoms with Crippen LogP contribution in [0, 0.1) is 26.7 Å². The van der Waals surface area contributed by atoms with E-state index in [9.17, 15) is 0 Å². The van der Waals surface area contributed by atoms with Gasteiger partial charge < -0.3 is 10.2 Å². The highest BCUT2D eigenvalue weighted by atomic mass is 15.1. The zero-order valence-electron chi connectivity index (χ0n) is 13.7. The van der Waals surface area contributed by atoms with E-state index in [1.807, 2.05) is 0 Å². The maximum atomic E-state index is 4.61. The third-order valence-electron chi connectivity index (χ3n) is 4.55. The summed E-state index contributed by atoms with van der Waals surface area (Å²) in [6.45, 7) is 15.7. The lowest BCUT2D eigenvalue weighted by Gasteiger charge is -2.21. The van der Waals surface area contributed by atoms with Crippen LogP contribution in [0.4, 0.5) is 0 Å². The summed E-state index contributed by atoms with van der Waals surface area (Å²) in [5.74, 6) is 0.802. The molecule has 0 bridgehead atoms. The van der Waals surface area contributed by atoms with Crippen molar-refractivity contribution in [3.63, 3.8) is 0 Å². The van der Waals surface area contributed by atoms with E-state index in [4.69, 9.17) is 0 Å². The minimum absolute atomic E-state index is 0.388. The number of aromatic nitrogens is 1. The van der Waals surface area contributed by atoms with Gasteiger partial charge in [0.05, 0.1) is 0 Å². The third-order valence-corrected chi connectivity index (χ3v) is 4.55. The molecule has 112 valence electrons. The van der Waals surface area contributed by atoms with E-state index in [1.54, 1.807) is 0 Å². The molecule has 0 aromatic carbocycles. The molecule has 1 aliphatic heterocycles. The zero-order chi connectivity index (χ0) is 14.7. The first-order chi connectivity index (χ1) is 9.51. The highest BCUT2D eigenvalue weighted by Gasteiger charge is 2.22. The number of rotatable bonds is 5. The average Bonchev–Trinajstić information content (AvgIpc) is 2.83. The second-order valence-corrected chi connectivity index (χ2v) is 6.26. The first kappa shape index (κ1) is 15.5. The Morgan fingerprint density at radius 3 is 2.75 bits per heavy atom. The molecule has 20 heavy (non-hydrogen) atoms. The molecule has 0 saturated carbocycles. The minimum atomic E-state index is 0.388. The van der Waals surface area contributed by atoms with Crippen LogP contribution in [0.25, 0.3) is 0 Å². The van der Waals surface area contributed by atoms with E-state index in [0.717, 1.165) is 18.2 Å². The van der Waals surface area contributed by atoms with E-state index < -0.39 is 0 Å². The summed E-state index contributed by atoms with van der Waals surface area (Å²) in [6, 6.07) is 2.58. The summed E-state index contributed by atoms with van der Waals surface area (Å²) in [5, 5.41) is 3.72. The Morgan fingerprint density at radius 2 is 2.15 bits per heavy atom. The van der Waals surface area contributed by atoms with Crippen molar-refractivity contribution < 1.29 is 0 Å². The lowest BCUT2D eigenvalue weighted by Crippen LogP contribution is -2.29. The van der Waals surface area contributed by atoms with Gasteiger partial charge in [0.25, 0.3) is 0 Å². The molecule has 2 rings (SSSR count). The van der Waals surface area contributed by atoms with Gasteiger partial charge in [-0.2, -0.15) is 0 Å². The molecule has 0 amide bonds. The molecule has 2 unspecified atom stereocenters. The van der Waals surface area contributed by atoms with Gasteiger partial charge in [-0.3, -0.25) is 4.98 Å². The highest BCUT2D eigenvalue weighted by Crippen LogP contribution is 2.22. The quantitative estimate of drug-likeness (QED) is 0.895. The van der Waals surface area contributed by atoms with E-state index in [0.29, 0.717) is 6.04 Å². The summed E-state index contributed by atoms with van der Waals surface area (Å²) in [6.07, 6.45) is 1.33. The van der Waals surface area contributed by atoms with Gasteiger partial charge in [0, 0.05) is 24.0 Å². The molecule has 2 heterocycles. The van der Waals surface area contributed by atoms with Gasteiger partial charge in [-0.1, -0.05) is 6.92 Å². The summed E-state index contributed by atoms with van der Waals surface area (Å²) in [7, 11) is 0. The van der Waals surface area contributed by atoms with Crippen LogP contribution in [0.1, 0.15) is 48.8 Å². The van der Waals surface area contributed by atoms with Crippen LogP contribution in [-0.2, 0) is 0 Å². The summed E-state index contributed by atoms with van der Waals surface area (Å²) >= 11 is 0. The van der Waals surface area contributed by atoms with Gasteiger partial charge >= 0.3 is 0 Å². The molecule has 1 fully saturated rings. The van der Waals surface area contributed by atoms with Crippen molar-refractivity contribution in [1.82, 2.24) is 15.2 Å².